The molecule has 0 aromatic rings. The summed E-state index contributed by atoms with van der Waals surface area (Å²) in [6.45, 7) is 19.6. The number of esters is 1. The van der Waals surface area contributed by atoms with E-state index in [0.29, 0.717) is 5.57 Å². The number of carbonyl (C=O) groups is 4. The summed E-state index contributed by atoms with van der Waals surface area (Å²) in [4.78, 5) is 55.4. The van der Waals surface area contributed by atoms with Crippen molar-refractivity contribution in [2.75, 3.05) is 20.1 Å². The van der Waals surface area contributed by atoms with Gasteiger partial charge in [-0.25, -0.2) is 0 Å². The number of carbonyl (C=O) groups excluding carboxylic acids is 4. The molecule has 2 N–H and O–H groups in total. The Bertz CT molecular complexity index is 860. The van der Waals surface area contributed by atoms with E-state index < -0.39 is 23.5 Å². The number of likely N-dealkylation sites (tertiary alicyclic amines) is 1. The molecule has 1 aliphatic rings. The Morgan fingerprint density at radius 1 is 1.03 bits per heavy atom. The lowest BCUT2D eigenvalue weighted by atomic mass is 9.95. The minimum atomic E-state index is -0.681. The van der Waals surface area contributed by atoms with Crippen LogP contribution in [0.15, 0.2) is 11.6 Å². The minimum Gasteiger partial charge on any atom is -0.459 e. The van der Waals surface area contributed by atoms with E-state index in [-0.39, 0.29) is 48.3 Å². The molecule has 0 aliphatic carbocycles. The second-order valence-corrected chi connectivity index (χ2v) is 12.4. The van der Waals surface area contributed by atoms with Gasteiger partial charge in [-0.1, -0.05) is 40.2 Å². The monoisotopic (exact) mass is 536 g/mol. The lowest BCUT2D eigenvalue weighted by molar-refractivity contribution is -0.154. The van der Waals surface area contributed by atoms with Crippen LogP contribution in [-0.4, -0.2) is 83.4 Å². The largest absolute Gasteiger partial charge is 0.459 e. The number of nitrogens with one attached hydrogen (secondary N) is 2. The van der Waals surface area contributed by atoms with Gasteiger partial charge in [0.15, 0.2) is 0 Å². The van der Waals surface area contributed by atoms with Crippen LogP contribution in [0.25, 0.3) is 0 Å². The van der Waals surface area contributed by atoms with Crippen molar-refractivity contribution in [1.29, 1.82) is 0 Å². The van der Waals surface area contributed by atoms with E-state index in [0.717, 1.165) is 25.8 Å². The first-order chi connectivity index (χ1) is 17.5. The van der Waals surface area contributed by atoms with Crippen LogP contribution in [0.5, 0.6) is 0 Å². The lowest BCUT2D eigenvalue weighted by Gasteiger charge is -2.39. The number of nitrogens with zero attached hydrogens (tertiary/aromatic N) is 2. The zero-order valence-electron chi connectivity index (χ0n) is 25.5. The first-order valence-corrected chi connectivity index (χ1v) is 14.0. The van der Waals surface area contributed by atoms with Crippen molar-refractivity contribution in [1.82, 2.24) is 20.4 Å². The summed E-state index contributed by atoms with van der Waals surface area (Å²) >= 11 is 0. The number of hydrogen-bond donors (Lipinski definition) is 2. The molecule has 0 unspecified atom stereocenters. The fourth-order valence-corrected chi connectivity index (χ4v) is 4.74. The van der Waals surface area contributed by atoms with E-state index in [1.165, 1.54) is 0 Å². The molecule has 0 radical (unpaired) electrons. The second-order valence-electron chi connectivity index (χ2n) is 12.4. The van der Waals surface area contributed by atoms with Gasteiger partial charge in [0.1, 0.15) is 18.2 Å². The Hall–Kier alpha value is -2.42. The van der Waals surface area contributed by atoms with Crippen molar-refractivity contribution in [2.45, 2.75) is 118 Å². The smallest absolute Gasteiger partial charge is 0.325 e. The number of amides is 3. The summed E-state index contributed by atoms with van der Waals surface area (Å²) in [6.07, 6.45) is 4.60. The van der Waals surface area contributed by atoms with Gasteiger partial charge in [-0.3, -0.25) is 24.1 Å². The molecular weight excluding hydrogens is 484 g/mol. The number of piperidine rings is 1. The van der Waals surface area contributed by atoms with E-state index in [9.17, 15) is 19.2 Å². The van der Waals surface area contributed by atoms with Crippen LogP contribution in [0, 0.1) is 11.8 Å². The molecule has 218 valence electrons. The topological polar surface area (TPSA) is 108 Å². The highest BCUT2D eigenvalue weighted by Crippen LogP contribution is 2.21. The highest BCUT2D eigenvalue weighted by atomic mass is 16.6. The van der Waals surface area contributed by atoms with Gasteiger partial charge in [-0.05, 0) is 72.8 Å². The molecule has 3 amide bonds. The fraction of sp³-hybridized carbons (Fsp3) is 0.793. The number of rotatable bonds is 11. The fourth-order valence-electron chi connectivity index (χ4n) is 4.74. The van der Waals surface area contributed by atoms with Gasteiger partial charge in [0.25, 0.3) is 0 Å². The lowest BCUT2D eigenvalue weighted by Crippen LogP contribution is -2.58. The van der Waals surface area contributed by atoms with Crippen LogP contribution >= 0.6 is 0 Å². The van der Waals surface area contributed by atoms with Crippen molar-refractivity contribution in [2.24, 2.45) is 11.8 Å². The maximum absolute atomic E-state index is 13.7. The number of hydrogen-bond acceptors (Lipinski definition) is 6. The molecular formula is C29H52N4O5. The summed E-state index contributed by atoms with van der Waals surface area (Å²) in [5, 5.41) is 5.64. The minimum absolute atomic E-state index is 0.0100. The molecule has 9 nitrogen and oxygen atoms in total. The first-order valence-electron chi connectivity index (χ1n) is 14.0. The Kier molecular flexibility index (Phi) is 13.0. The van der Waals surface area contributed by atoms with Gasteiger partial charge in [-0.15, -0.1) is 0 Å². The molecule has 9 heteroatoms. The maximum atomic E-state index is 13.7. The standard InChI is InChI=1S/C29H52N4O5/c1-18(2)23(16-21(7)26(35)30-17-24(34)38-29(8,9)10)32(11)28(37)25(19(3)4)31-27(36)22-14-12-13-15-33(22)20(5)6/h16,18-20,22-23,25H,12-15,17H2,1-11H3,(H,30,35)(H,31,36)/t22-,23-,25+/m1/s1. The third-order valence-electron chi connectivity index (χ3n) is 6.81. The zero-order valence-corrected chi connectivity index (χ0v) is 25.5. The van der Waals surface area contributed by atoms with Crippen molar-refractivity contribution in [3.63, 3.8) is 0 Å². The molecule has 0 bridgehead atoms. The van der Waals surface area contributed by atoms with E-state index in [2.05, 4.69) is 29.4 Å². The van der Waals surface area contributed by atoms with Gasteiger partial charge >= 0.3 is 5.97 Å². The molecule has 1 rings (SSSR count). The molecule has 1 fully saturated rings. The molecule has 0 aromatic heterocycles. The van der Waals surface area contributed by atoms with Crippen molar-refractivity contribution < 1.29 is 23.9 Å². The molecule has 0 saturated carbocycles. The highest BCUT2D eigenvalue weighted by molar-refractivity contribution is 5.95. The summed E-state index contributed by atoms with van der Waals surface area (Å²) in [5.41, 5.74) is -0.239. The predicted molar refractivity (Wildman–Crippen MR) is 150 cm³/mol. The van der Waals surface area contributed by atoms with E-state index in [4.69, 9.17) is 4.74 Å². The molecule has 1 aliphatic heterocycles. The SMILES string of the molecule is CC(=C[C@H](C(C)C)N(C)C(=O)[C@@H](NC(=O)[C@H]1CCCCN1C(C)C)C(C)C)C(=O)NCC(=O)OC(C)(C)C. The number of likely N-dealkylation sites (N-methyl/N-ethyl adjacent to an activating group) is 1. The first kappa shape index (κ1) is 33.6. The van der Waals surface area contributed by atoms with Crippen LogP contribution in [0.1, 0.15) is 88.5 Å². The van der Waals surface area contributed by atoms with Gasteiger partial charge in [0.2, 0.25) is 17.7 Å². The quantitative estimate of drug-likeness (QED) is 0.310. The average Bonchev–Trinajstić information content (AvgIpc) is 2.81. The van der Waals surface area contributed by atoms with Crippen LogP contribution in [0.2, 0.25) is 0 Å². The summed E-state index contributed by atoms with van der Waals surface area (Å²) in [5.74, 6) is -1.32. The third-order valence-corrected chi connectivity index (χ3v) is 6.81. The van der Waals surface area contributed by atoms with Crippen molar-refractivity contribution in [3.05, 3.63) is 11.6 Å². The van der Waals surface area contributed by atoms with Crippen LogP contribution < -0.4 is 10.6 Å². The average molecular weight is 537 g/mol. The normalized spacial score (nSPS) is 18.8. The van der Waals surface area contributed by atoms with Gasteiger partial charge in [0.05, 0.1) is 12.1 Å². The summed E-state index contributed by atoms with van der Waals surface area (Å²) in [7, 11) is 1.71. The van der Waals surface area contributed by atoms with Gasteiger partial charge < -0.3 is 20.3 Å². The zero-order chi connectivity index (χ0) is 29.4. The molecule has 0 spiro atoms. The van der Waals surface area contributed by atoms with E-state index in [1.54, 1.807) is 45.7 Å². The van der Waals surface area contributed by atoms with E-state index >= 15 is 0 Å². The molecule has 3 atom stereocenters. The summed E-state index contributed by atoms with van der Waals surface area (Å²) < 4.78 is 5.24. The molecule has 38 heavy (non-hydrogen) atoms. The summed E-state index contributed by atoms with van der Waals surface area (Å²) in [6, 6.07) is -1.05. The highest BCUT2D eigenvalue weighted by Gasteiger charge is 2.36. The Labute approximate surface area is 230 Å². The van der Waals surface area contributed by atoms with Crippen molar-refractivity contribution in [3.8, 4) is 0 Å². The van der Waals surface area contributed by atoms with Crippen LogP contribution in [-0.2, 0) is 23.9 Å². The Morgan fingerprint density at radius 2 is 1.63 bits per heavy atom. The Morgan fingerprint density at radius 3 is 2.13 bits per heavy atom. The second kappa shape index (κ2) is 14.7. The molecule has 1 heterocycles. The maximum Gasteiger partial charge on any atom is 0.325 e. The van der Waals surface area contributed by atoms with Gasteiger partial charge in [-0.2, -0.15) is 0 Å². The molecule has 1 saturated heterocycles. The molecule has 0 aromatic carbocycles. The Balaban J connectivity index is 2.99. The predicted octanol–water partition coefficient (Wildman–Crippen LogP) is 3.28. The van der Waals surface area contributed by atoms with Crippen LogP contribution in [0.4, 0.5) is 0 Å². The van der Waals surface area contributed by atoms with E-state index in [1.807, 2.05) is 27.7 Å². The van der Waals surface area contributed by atoms with Gasteiger partial charge in [0, 0.05) is 18.7 Å². The number of ether oxygens (including phenoxy) is 1. The van der Waals surface area contributed by atoms with Crippen LogP contribution in [0.3, 0.4) is 0 Å². The third kappa shape index (κ3) is 10.4. The van der Waals surface area contributed by atoms with Crippen molar-refractivity contribution >= 4 is 23.7 Å².